The molecule has 3 aliphatic rings. The summed E-state index contributed by atoms with van der Waals surface area (Å²) in [7, 11) is 0. The zero-order valence-electron chi connectivity index (χ0n) is 16.0. The second-order valence-electron chi connectivity index (χ2n) is 8.06. The van der Waals surface area contributed by atoms with E-state index in [1.54, 1.807) is 11.8 Å². The average molecular weight is 372 g/mol. The van der Waals surface area contributed by atoms with E-state index in [1.807, 2.05) is 23.1 Å². The van der Waals surface area contributed by atoms with Crippen LogP contribution in [0.3, 0.4) is 0 Å². The molecule has 0 aliphatic carbocycles. The third-order valence-corrected chi connectivity index (χ3v) is 6.24. The van der Waals surface area contributed by atoms with E-state index < -0.39 is 6.04 Å². The molecule has 146 valence electrons. The van der Waals surface area contributed by atoms with Crippen molar-refractivity contribution in [3.63, 3.8) is 0 Å². The minimum atomic E-state index is -0.424. The zero-order chi connectivity index (χ0) is 18.9. The molecule has 6 nitrogen and oxygen atoms in total. The molecule has 27 heavy (non-hydrogen) atoms. The van der Waals surface area contributed by atoms with Crippen molar-refractivity contribution in [2.75, 3.05) is 39.5 Å². The molecule has 1 atom stereocenters. The highest BCUT2D eigenvalue weighted by Crippen LogP contribution is 2.34. The van der Waals surface area contributed by atoms with Gasteiger partial charge < -0.3 is 19.3 Å². The molecule has 2 fully saturated rings. The van der Waals surface area contributed by atoms with Crippen LogP contribution in [0.2, 0.25) is 0 Å². The highest BCUT2D eigenvalue weighted by atomic mass is 16.5. The Kier molecular flexibility index (Phi) is 5.19. The predicted octanol–water partition coefficient (Wildman–Crippen LogP) is 1.62. The lowest BCUT2D eigenvalue weighted by Crippen LogP contribution is -2.55. The standard InChI is InChI=1S/C21H28N2O4/c1-16(24)23-13-18-5-3-2-4-17(18)12-19(23)20(25)22-8-11-27-15-21(14-22)6-9-26-10-7-21/h2-5,19H,6-15H2,1H3. The van der Waals surface area contributed by atoms with Gasteiger partial charge in [-0.3, -0.25) is 9.59 Å². The molecule has 2 saturated heterocycles. The van der Waals surface area contributed by atoms with Crippen molar-refractivity contribution in [2.45, 2.75) is 38.8 Å². The Balaban J connectivity index is 1.57. The summed E-state index contributed by atoms with van der Waals surface area (Å²) in [4.78, 5) is 29.5. The van der Waals surface area contributed by atoms with Gasteiger partial charge in [0.15, 0.2) is 0 Å². The van der Waals surface area contributed by atoms with Crippen LogP contribution in [-0.2, 0) is 32.0 Å². The minimum absolute atomic E-state index is 0.0158. The summed E-state index contributed by atoms with van der Waals surface area (Å²) in [6.45, 7) is 6.03. The van der Waals surface area contributed by atoms with Crippen LogP contribution in [0, 0.1) is 5.41 Å². The number of fused-ring (bicyclic) bond motifs is 1. The number of carbonyl (C=O) groups excluding carboxylic acids is 2. The highest BCUT2D eigenvalue weighted by Gasteiger charge is 2.41. The number of benzene rings is 1. The SMILES string of the molecule is CC(=O)N1Cc2ccccc2CC1C(=O)N1CCOCC2(CCOCC2)C1. The van der Waals surface area contributed by atoms with Crippen molar-refractivity contribution in [1.29, 1.82) is 0 Å². The molecule has 6 heteroatoms. The first-order chi connectivity index (χ1) is 13.1. The van der Waals surface area contributed by atoms with Crippen LogP contribution in [0.5, 0.6) is 0 Å². The lowest BCUT2D eigenvalue weighted by molar-refractivity contribution is -0.147. The van der Waals surface area contributed by atoms with E-state index in [-0.39, 0.29) is 17.2 Å². The molecule has 0 radical (unpaired) electrons. The molecular weight excluding hydrogens is 344 g/mol. The zero-order valence-corrected chi connectivity index (χ0v) is 16.0. The van der Waals surface area contributed by atoms with E-state index in [4.69, 9.17) is 9.47 Å². The molecule has 0 N–H and O–H groups in total. The fourth-order valence-corrected chi connectivity index (χ4v) is 4.57. The van der Waals surface area contributed by atoms with E-state index in [9.17, 15) is 9.59 Å². The summed E-state index contributed by atoms with van der Waals surface area (Å²) >= 11 is 0. The van der Waals surface area contributed by atoms with Gasteiger partial charge in [-0.1, -0.05) is 24.3 Å². The predicted molar refractivity (Wildman–Crippen MR) is 100 cm³/mol. The average Bonchev–Trinajstić information content (AvgIpc) is 2.89. The molecule has 1 aromatic rings. The molecule has 3 aliphatic heterocycles. The van der Waals surface area contributed by atoms with E-state index in [1.165, 1.54) is 5.56 Å². The van der Waals surface area contributed by atoms with Gasteiger partial charge in [0.1, 0.15) is 6.04 Å². The number of nitrogens with zero attached hydrogens (tertiary/aromatic N) is 2. The third kappa shape index (κ3) is 3.73. The smallest absolute Gasteiger partial charge is 0.245 e. The fraction of sp³-hybridized carbons (Fsp3) is 0.619. The van der Waals surface area contributed by atoms with Crippen molar-refractivity contribution < 1.29 is 19.1 Å². The van der Waals surface area contributed by atoms with Gasteiger partial charge in [-0.05, 0) is 24.0 Å². The van der Waals surface area contributed by atoms with Gasteiger partial charge in [-0.25, -0.2) is 0 Å². The van der Waals surface area contributed by atoms with E-state index >= 15 is 0 Å². The molecule has 1 unspecified atom stereocenters. The van der Waals surface area contributed by atoms with Crippen LogP contribution in [0.4, 0.5) is 0 Å². The largest absolute Gasteiger partial charge is 0.381 e. The van der Waals surface area contributed by atoms with Crippen molar-refractivity contribution >= 4 is 11.8 Å². The first-order valence-corrected chi connectivity index (χ1v) is 9.86. The molecule has 0 aromatic heterocycles. The van der Waals surface area contributed by atoms with Gasteiger partial charge in [0.05, 0.1) is 13.2 Å². The lowest BCUT2D eigenvalue weighted by Gasteiger charge is -2.41. The van der Waals surface area contributed by atoms with Gasteiger partial charge in [-0.15, -0.1) is 0 Å². The molecule has 4 rings (SSSR count). The van der Waals surface area contributed by atoms with Crippen LogP contribution >= 0.6 is 0 Å². The number of amides is 2. The summed E-state index contributed by atoms with van der Waals surface area (Å²) in [5, 5.41) is 0. The first-order valence-electron chi connectivity index (χ1n) is 9.86. The monoisotopic (exact) mass is 372 g/mol. The Morgan fingerprint density at radius 2 is 1.81 bits per heavy atom. The second kappa shape index (κ2) is 7.60. The number of hydrogen-bond donors (Lipinski definition) is 0. The van der Waals surface area contributed by atoms with Crippen LogP contribution in [0.15, 0.2) is 24.3 Å². The molecular formula is C21H28N2O4. The maximum Gasteiger partial charge on any atom is 0.245 e. The van der Waals surface area contributed by atoms with Gasteiger partial charge >= 0.3 is 0 Å². The minimum Gasteiger partial charge on any atom is -0.381 e. The van der Waals surface area contributed by atoms with Crippen LogP contribution in [0.1, 0.15) is 30.9 Å². The van der Waals surface area contributed by atoms with E-state index in [0.29, 0.717) is 39.3 Å². The number of carbonyl (C=O) groups is 2. The Labute approximate surface area is 160 Å². The number of ether oxygens (including phenoxy) is 2. The Morgan fingerprint density at radius 3 is 2.56 bits per heavy atom. The summed E-state index contributed by atoms with van der Waals surface area (Å²) in [6.07, 6.45) is 2.42. The Morgan fingerprint density at radius 1 is 1.07 bits per heavy atom. The summed E-state index contributed by atoms with van der Waals surface area (Å²) in [6, 6.07) is 7.68. The molecule has 2 amide bonds. The maximum absolute atomic E-state index is 13.5. The normalized spacial score (nSPS) is 25.0. The summed E-state index contributed by atoms with van der Waals surface area (Å²) in [5.41, 5.74) is 2.29. The van der Waals surface area contributed by atoms with Gasteiger partial charge in [0.2, 0.25) is 11.8 Å². The molecule has 1 aromatic carbocycles. The number of rotatable bonds is 1. The summed E-state index contributed by atoms with van der Waals surface area (Å²) < 4.78 is 11.4. The highest BCUT2D eigenvalue weighted by molar-refractivity contribution is 5.88. The lowest BCUT2D eigenvalue weighted by atomic mass is 9.80. The third-order valence-electron chi connectivity index (χ3n) is 6.24. The van der Waals surface area contributed by atoms with Crippen molar-refractivity contribution in [1.82, 2.24) is 9.80 Å². The van der Waals surface area contributed by atoms with Crippen LogP contribution < -0.4 is 0 Å². The van der Waals surface area contributed by atoms with Gasteiger partial charge in [-0.2, -0.15) is 0 Å². The summed E-state index contributed by atoms with van der Waals surface area (Å²) in [5.74, 6) is 0.00535. The number of hydrogen-bond acceptors (Lipinski definition) is 4. The van der Waals surface area contributed by atoms with Crippen molar-refractivity contribution in [3.05, 3.63) is 35.4 Å². The topological polar surface area (TPSA) is 59.1 Å². The maximum atomic E-state index is 13.5. The van der Waals surface area contributed by atoms with Gasteiger partial charge in [0.25, 0.3) is 0 Å². The van der Waals surface area contributed by atoms with Crippen LogP contribution in [0.25, 0.3) is 0 Å². The van der Waals surface area contributed by atoms with Crippen molar-refractivity contribution in [3.8, 4) is 0 Å². The second-order valence-corrected chi connectivity index (χ2v) is 8.06. The van der Waals surface area contributed by atoms with Crippen molar-refractivity contribution in [2.24, 2.45) is 5.41 Å². The Hall–Kier alpha value is -1.92. The Bertz CT molecular complexity index is 714. The van der Waals surface area contributed by atoms with Gasteiger partial charge in [0, 0.05) is 51.6 Å². The quantitative estimate of drug-likeness (QED) is 0.752. The molecule has 3 heterocycles. The molecule has 0 bridgehead atoms. The van der Waals surface area contributed by atoms with E-state index in [0.717, 1.165) is 31.6 Å². The fourth-order valence-electron chi connectivity index (χ4n) is 4.57. The van der Waals surface area contributed by atoms with E-state index in [2.05, 4.69) is 6.07 Å². The molecule has 0 saturated carbocycles. The van der Waals surface area contributed by atoms with Crippen LogP contribution in [-0.4, -0.2) is 67.2 Å². The molecule has 1 spiro atoms. The first kappa shape index (κ1) is 18.4.